The van der Waals surface area contributed by atoms with E-state index in [2.05, 4.69) is 38.0 Å². The maximum absolute atomic E-state index is 3.62. The van der Waals surface area contributed by atoms with Crippen LogP contribution in [-0.2, 0) is 0 Å². The van der Waals surface area contributed by atoms with Crippen molar-refractivity contribution in [1.29, 1.82) is 0 Å². The molecule has 1 fully saturated rings. The van der Waals surface area contributed by atoms with E-state index in [1.807, 2.05) is 0 Å². The van der Waals surface area contributed by atoms with Crippen molar-refractivity contribution in [3.8, 4) is 0 Å². The molecule has 1 aliphatic rings. The minimum absolute atomic E-state index is 0.538. The van der Waals surface area contributed by atoms with Crippen molar-refractivity contribution in [2.24, 2.45) is 11.3 Å². The summed E-state index contributed by atoms with van der Waals surface area (Å²) in [6.07, 6.45) is 8.59. The van der Waals surface area contributed by atoms with Crippen LogP contribution in [0.3, 0.4) is 0 Å². The van der Waals surface area contributed by atoms with Gasteiger partial charge in [0.1, 0.15) is 0 Å². The van der Waals surface area contributed by atoms with Crippen molar-refractivity contribution in [3.63, 3.8) is 0 Å². The van der Waals surface area contributed by atoms with Gasteiger partial charge in [0.2, 0.25) is 0 Å². The van der Waals surface area contributed by atoms with Crippen LogP contribution in [0.2, 0.25) is 0 Å². The van der Waals surface area contributed by atoms with Gasteiger partial charge in [0.05, 0.1) is 0 Å². The summed E-state index contributed by atoms with van der Waals surface area (Å²) in [6, 6.07) is 0. The van der Waals surface area contributed by atoms with Crippen LogP contribution in [0.5, 0.6) is 0 Å². The predicted molar refractivity (Wildman–Crippen MR) is 81.0 cm³/mol. The van der Waals surface area contributed by atoms with Crippen LogP contribution < -0.4 is 5.32 Å². The molecule has 0 spiro atoms. The standard InChI is InChI=1S/C16H34N2/c1-5-17-13-16(10-8-6-7-9-11-16)14-18(4)12-15(2)3/h15,17H,5-14H2,1-4H3. The average molecular weight is 254 g/mol. The number of hydrogen-bond donors (Lipinski definition) is 1. The van der Waals surface area contributed by atoms with Gasteiger partial charge in [-0.2, -0.15) is 0 Å². The number of nitrogens with zero attached hydrogens (tertiary/aromatic N) is 1. The van der Waals surface area contributed by atoms with Crippen molar-refractivity contribution in [2.75, 3.05) is 33.2 Å². The Morgan fingerprint density at radius 1 is 1.11 bits per heavy atom. The van der Waals surface area contributed by atoms with Crippen LogP contribution in [0, 0.1) is 11.3 Å². The number of hydrogen-bond acceptors (Lipinski definition) is 2. The van der Waals surface area contributed by atoms with Gasteiger partial charge in [-0.3, -0.25) is 0 Å². The first-order valence-electron chi connectivity index (χ1n) is 7.97. The van der Waals surface area contributed by atoms with Crippen LogP contribution in [0.4, 0.5) is 0 Å². The molecule has 108 valence electrons. The predicted octanol–water partition coefficient (Wildman–Crippen LogP) is 3.52. The third kappa shape index (κ3) is 5.71. The first-order valence-corrected chi connectivity index (χ1v) is 7.97. The quantitative estimate of drug-likeness (QED) is 0.699. The zero-order valence-corrected chi connectivity index (χ0v) is 13.1. The zero-order chi connectivity index (χ0) is 13.4. The molecular formula is C16H34N2. The maximum Gasteiger partial charge on any atom is 0.00472 e. The van der Waals surface area contributed by atoms with E-state index in [9.17, 15) is 0 Å². The average Bonchev–Trinajstić information content (AvgIpc) is 2.51. The lowest BCUT2D eigenvalue weighted by molar-refractivity contribution is 0.138. The molecule has 0 aliphatic heterocycles. The highest BCUT2D eigenvalue weighted by molar-refractivity contribution is 4.86. The molecule has 2 heteroatoms. The summed E-state index contributed by atoms with van der Waals surface area (Å²) >= 11 is 0. The Morgan fingerprint density at radius 3 is 2.22 bits per heavy atom. The molecule has 0 aromatic carbocycles. The summed E-state index contributed by atoms with van der Waals surface area (Å²) in [5, 5.41) is 3.62. The van der Waals surface area contributed by atoms with Crippen LogP contribution in [0.25, 0.3) is 0 Å². The van der Waals surface area contributed by atoms with Crippen molar-refractivity contribution >= 4 is 0 Å². The molecule has 1 saturated carbocycles. The normalized spacial score (nSPS) is 20.3. The van der Waals surface area contributed by atoms with Crippen LogP contribution >= 0.6 is 0 Å². The minimum Gasteiger partial charge on any atom is -0.316 e. The number of nitrogens with one attached hydrogen (secondary N) is 1. The Bertz CT molecular complexity index is 205. The van der Waals surface area contributed by atoms with E-state index >= 15 is 0 Å². The van der Waals surface area contributed by atoms with E-state index in [-0.39, 0.29) is 0 Å². The summed E-state index contributed by atoms with van der Waals surface area (Å²) in [5.74, 6) is 0.775. The Kier molecular flexibility index (Phi) is 7.25. The van der Waals surface area contributed by atoms with Crippen molar-refractivity contribution in [3.05, 3.63) is 0 Å². The van der Waals surface area contributed by atoms with E-state index in [1.54, 1.807) is 0 Å². The summed E-state index contributed by atoms with van der Waals surface area (Å²) in [4.78, 5) is 2.56. The summed E-state index contributed by atoms with van der Waals surface area (Å²) in [5.41, 5.74) is 0.538. The van der Waals surface area contributed by atoms with Crippen molar-refractivity contribution in [1.82, 2.24) is 10.2 Å². The highest BCUT2D eigenvalue weighted by Crippen LogP contribution is 2.35. The Labute approximate surface area is 115 Å². The van der Waals surface area contributed by atoms with Crippen LogP contribution in [-0.4, -0.2) is 38.1 Å². The van der Waals surface area contributed by atoms with Gasteiger partial charge in [-0.15, -0.1) is 0 Å². The summed E-state index contributed by atoms with van der Waals surface area (Å²) < 4.78 is 0. The Balaban J connectivity index is 2.57. The molecule has 0 unspecified atom stereocenters. The van der Waals surface area contributed by atoms with Crippen molar-refractivity contribution in [2.45, 2.75) is 59.3 Å². The highest BCUT2D eigenvalue weighted by atomic mass is 15.1. The largest absolute Gasteiger partial charge is 0.316 e. The lowest BCUT2D eigenvalue weighted by atomic mass is 9.79. The lowest BCUT2D eigenvalue weighted by Gasteiger charge is -2.37. The molecular weight excluding hydrogens is 220 g/mol. The van der Waals surface area contributed by atoms with Gasteiger partial charge >= 0.3 is 0 Å². The molecule has 0 amide bonds. The van der Waals surface area contributed by atoms with Gasteiger partial charge in [0.25, 0.3) is 0 Å². The van der Waals surface area contributed by atoms with Gasteiger partial charge in [-0.1, -0.05) is 46.5 Å². The fourth-order valence-electron chi connectivity index (χ4n) is 3.52. The van der Waals surface area contributed by atoms with Gasteiger partial charge in [0.15, 0.2) is 0 Å². The molecule has 0 heterocycles. The second-order valence-corrected chi connectivity index (χ2v) is 6.79. The smallest absolute Gasteiger partial charge is 0.00472 e. The Hall–Kier alpha value is -0.0800. The molecule has 0 saturated heterocycles. The molecule has 0 aromatic heterocycles. The number of rotatable bonds is 7. The van der Waals surface area contributed by atoms with E-state index in [0.717, 1.165) is 12.5 Å². The molecule has 0 atom stereocenters. The van der Waals surface area contributed by atoms with Gasteiger partial charge < -0.3 is 10.2 Å². The molecule has 18 heavy (non-hydrogen) atoms. The molecule has 0 aromatic rings. The summed E-state index contributed by atoms with van der Waals surface area (Å²) in [7, 11) is 2.30. The second-order valence-electron chi connectivity index (χ2n) is 6.79. The van der Waals surface area contributed by atoms with E-state index in [0.29, 0.717) is 5.41 Å². The third-order valence-corrected chi connectivity index (χ3v) is 4.20. The monoisotopic (exact) mass is 254 g/mol. The van der Waals surface area contributed by atoms with Gasteiger partial charge in [-0.25, -0.2) is 0 Å². The molecule has 2 nitrogen and oxygen atoms in total. The minimum atomic E-state index is 0.538. The van der Waals surface area contributed by atoms with Gasteiger partial charge in [0, 0.05) is 19.6 Å². The molecule has 0 bridgehead atoms. The first-order chi connectivity index (χ1) is 8.58. The van der Waals surface area contributed by atoms with E-state index in [4.69, 9.17) is 0 Å². The highest BCUT2D eigenvalue weighted by Gasteiger charge is 2.31. The fraction of sp³-hybridized carbons (Fsp3) is 1.00. The SMILES string of the molecule is CCNCC1(CN(C)CC(C)C)CCCCCC1. The lowest BCUT2D eigenvalue weighted by Crippen LogP contribution is -2.43. The maximum atomic E-state index is 3.62. The topological polar surface area (TPSA) is 15.3 Å². The second kappa shape index (κ2) is 8.16. The van der Waals surface area contributed by atoms with Crippen molar-refractivity contribution < 1.29 is 0 Å². The van der Waals surface area contributed by atoms with Gasteiger partial charge in [-0.05, 0) is 37.8 Å². The molecule has 1 rings (SSSR count). The fourth-order valence-corrected chi connectivity index (χ4v) is 3.52. The molecule has 1 aliphatic carbocycles. The van der Waals surface area contributed by atoms with E-state index < -0.39 is 0 Å². The molecule has 0 radical (unpaired) electrons. The summed E-state index contributed by atoms with van der Waals surface area (Å²) in [6.45, 7) is 11.7. The van der Waals surface area contributed by atoms with Crippen LogP contribution in [0.15, 0.2) is 0 Å². The molecule has 1 N–H and O–H groups in total. The van der Waals surface area contributed by atoms with Crippen LogP contribution in [0.1, 0.15) is 59.3 Å². The van der Waals surface area contributed by atoms with E-state index in [1.165, 1.54) is 58.2 Å². The third-order valence-electron chi connectivity index (χ3n) is 4.20. The zero-order valence-electron chi connectivity index (χ0n) is 13.1. The Morgan fingerprint density at radius 2 is 1.72 bits per heavy atom. The first kappa shape index (κ1) is 16.0.